The van der Waals surface area contributed by atoms with E-state index in [1.165, 1.54) is 12.4 Å². The predicted molar refractivity (Wildman–Crippen MR) is 126 cm³/mol. The smallest absolute Gasteiger partial charge is 0.295 e. The summed E-state index contributed by atoms with van der Waals surface area (Å²) in [5.74, 6) is -0.858. The van der Waals surface area contributed by atoms with Gasteiger partial charge in [-0.3, -0.25) is 14.6 Å². The number of carbonyl (C=O) groups excluding carboxylic acids is 2. The maximum atomic E-state index is 13.1. The van der Waals surface area contributed by atoms with Gasteiger partial charge in [0, 0.05) is 24.5 Å². The van der Waals surface area contributed by atoms with Crippen molar-refractivity contribution in [3.63, 3.8) is 0 Å². The molecule has 4 rings (SSSR count). The van der Waals surface area contributed by atoms with Gasteiger partial charge in [-0.2, -0.15) is 0 Å². The van der Waals surface area contributed by atoms with Gasteiger partial charge in [-0.25, -0.2) is 0 Å². The van der Waals surface area contributed by atoms with E-state index in [-0.39, 0.29) is 11.3 Å². The van der Waals surface area contributed by atoms with Gasteiger partial charge < -0.3 is 14.7 Å². The molecule has 1 fully saturated rings. The van der Waals surface area contributed by atoms with Crippen molar-refractivity contribution in [3.8, 4) is 5.75 Å². The van der Waals surface area contributed by atoms with Crippen molar-refractivity contribution in [2.45, 2.75) is 25.8 Å². The van der Waals surface area contributed by atoms with Crippen molar-refractivity contribution in [3.05, 3.63) is 101 Å². The third kappa shape index (κ3) is 4.80. The number of aromatic nitrogens is 1. The average molecular weight is 443 g/mol. The lowest BCUT2D eigenvalue weighted by Crippen LogP contribution is -2.31. The number of pyridine rings is 1. The second kappa shape index (κ2) is 10.1. The number of aliphatic hydroxyl groups is 1. The zero-order valence-electron chi connectivity index (χ0n) is 18.5. The van der Waals surface area contributed by atoms with E-state index in [9.17, 15) is 14.7 Å². The summed E-state index contributed by atoms with van der Waals surface area (Å²) < 4.78 is 5.78. The van der Waals surface area contributed by atoms with Crippen LogP contribution in [0.15, 0.2) is 84.7 Å². The summed E-state index contributed by atoms with van der Waals surface area (Å²) in [6, 6.07) is 19.7. The number of Topliss-reactive ketones (excluding diaryl/α,β-unsaturated/α-hetero) is 1. The minimum absolute atomic E-state index is 0.0758. The first-order valence-electron chi connectivity index (χ1n) is 11.1. The van der Waals surface area contributed by atoms with Gasteiger partial charge in [0.25, 0.3) is 11.7 Å². The van der Waals surface area contributed by atoms with Gasteiger partial charge in [0.1, 0.15) is 11.5 Å². The van der Waals surface area contributed by atoms with Crippen LogP contribution in [-0.2, 0) is 16.0 Å². The first-order valence-corrected chi connectivity index (χ1v) is 11.1. The second-order valence-electron chi connectivity index (χ2n) is 7.88. The number of ether oxygens (including phenoxy) is 1. The molecule has 1 saturated heterocycles. The zero-order chi connectivity index (χ0) is 23.2. The number of amides is 1. The number of ketones is 1. The molecule has 1 aliphatic rings. The van der Waals surface area contributed by atoms with E-state index < -0.39 is 17.7 Å². The van der Waals surface area contributed by atoms with Gasteiger partial charge in [-0.15, -0.1) is 0 Å². The molecule has 1 unspecified atom stereocenters. The Morgan fingerprint density at radius 2 is 1.79 bits per heavy atom. The minimum atomic E-state index is -0.716. The summed E-state index contributed by atoms with van der Waals surface area (Å²) in [5.41, 5.74) is 2.29. The number of hydrogen-bond donors (Lipinski definition) is 1. The Morgan fingerprint density at radius 1 is 1.03 bits per heavy atom. The Balaban J connectivity index is 1.77. The Kier molecular flexibility index (Phi) is 6.83. The van der Waals surface area contributed by atoms with Gasteiger partial charge in [-0.1, -0.05) is 49.4 Å². The molecule has 1 aliphatic heterocycles. The Labute approximate surface area is 193 Å². The van der Waals surface area contributed by atoms with Crippen molar-refractivity contribution < 1.29 is 19.4 Å². The highest BCUT2D eigenvalue weighted by Crippen LogP contribution is 2.40. The Hall–Kier alpha value is -3.93. The highest BCUT2D eigenvalue weighted by molar-refractivity contribution is 6.46. The highest BCUT2D eigenvalue weighted by Gasteiger charge is 2.45. The largest absolute Gasteiger partial charge is 0.507 e. The van der Waals surface area contributed by atoms with E-state index in [0.29, 0.717) is 36.4 Å². The van der Waals surface area contributed by atoms with Crippen molar-refractivity contribution in [1.29, 1.82) is 0 Å². The molecule has 0 saturated carbocycles. The number of rotatable bonds is 8. The summed E-state index contributed by atoms with van der Waals surface area (Å²) in [4.78, 5) is 31.7. The van der Waals surface area contributed by atoms with E-state index in [4.69, 9.17) is 4.74 Å². The van der Waals surface area contributed by atoms with Crippen LogP contribution in [0.25, 0.3) is 5.76 Å². The maximum absolute atomic E-state index is 13.1. The van der Waals surface area contributed by atoms with E-state index >= 15 is 0 Å². The molecule has 1 N–H and O–H groups in total. The molecule has 1 amide bonds. The van der Waals surface area contributed by atoms with E-state index in [1.807, 2.05) is 61.5 Å². The SMILES string of the molecule is CCCOc1cccc(C2/C(=C(\O)c3ccncc3)C(=O)C(=O)N2CCc2ccccc2)c1. The van der Waals surface area contributed by atoms with Crippen molar-refractivity contribution >= 4 is 17.4 Å². The number of benzene rings is 2. The molecule has 6 nitrogen and oxygen atoms in total. The lowest BCUT2D eigenvalue weighted by molar-refractivity contribution is -0.139. The quantitative estimate of drug-likeness (QED) is 0.315. The second-order valence-corrected chi connectivity index (χ2v) is 7.88. The van der Waals surface area contributed by atoms with E-state index in [0.717, 1.165) is 12.0 Å². The van der Waals surface area contributed by atoms with Crippen LogP contribution in [0.5, 0.6) is 5.75 Å². The van der Waals surface area contributed by atoms with Gasteiger partial charge in [-0.05, 0) is 48.2 Å². The monoisotopic (exact) mass is 442 g/mol. The molecule has 1 atom stereocenters. The van der Waals surface area contributed by atoms with Crippen LogP contribution in [-0.4, -0.2) is 39.8 Å². The summed E-state index contributed by atoms with van der Waals surface area (Å²) in [7, 11) is 0. The molecule has 3 aromatic rings. The number of nitrogens with zero attached hydrogens (tertiary/aromatic N) is 2. The number of hydrogen-bond acceptors (Lipinski definition) is 5. The first kappa shape index (κ1) is 22.3. The normalized spacial score (nSPS) is 17.4. The summed E-state index contributed by atoms with van der Waals surface area (Å²) in [5, 5.41) is 11.1. The van der Waals surface area contributed by atoms with Crippen LogP contribution in [0.2, 0.25) is 0 Å². The van der Waals surface area contributed by atoms with Crippen molar-refractivity contribution in [1.82, 2.24) is 9.88 Å². The molecule has 2 heterocycles. The van der Waals surface area contributed by atoms with Crippen LogP contribution >= 0.6 is 0 Å². The Bertz CT molecular complexity index is 1160. The standard InChI is InChI=1S/C27H26N2O4/c1-2-17-33-22-10-6-9-21(18-22)24-23(25(30)20-11-14-28-15-12-20)26(31)27(32)29(24)16-13-19-7-4-3-5-8-19/h3-12,14-15,18,24,30H,2,13,16-17H2,1H3/b25-23+. The van der Waals surface area contributed by atoms with Gasteiger partial charge >= 0.3 is 0 Å². The van der Waals surface area contributed by atoms with E-state index in [1.54, 1.807) is 17.0 Å². The molecule has 0 aliphatic carbocycles. The summed E-state index contributed by atoms with van der Waals surface area (Å²) >= 11 is 0. The molecular weight excluding hydrogens is 416 g/mol. The maximum Gasteiger partial charge on any atom is 0.295 e. The molecule has 0 bridgehead atoms. The number of likely N-dealkylation sites (tertiary alicyclic amines) is 1. The highest BCUT2D eigenvalue weighted by atomic mass is 16.5. The van der Waals surface area contributed by atoms with Crippen LogP contribution in [0.3, 0.4) is 0 Å². The van der Waals surface area contributed by atoms with Crippen LogP contribution in [0, 0.1) is 0 Å². The fraction of sp³-hybridized carbons (Fsp3) is 0.222. The lowest BCUT2D eigenvalue weighted by Gasteiger charge is -2.25. The minimum Gasteiger partial charge on any atom is -0.507 e. The number of aliphatic hydroxyl groups excluding tert-OH is 1. The molecule has 33 heavy (non-hydrogen) atoms. The fourth-order valence-electron chi connectivity index (χ4n) is 4.01. The topological polar surface area (TPSA) is 79.7 Å². The van der Waals surface area contributed by atoms with Gasteiger partial charge in [0.05, 0.1) is 18.2 Å². The summed E-state index contributed by atoms with van der Waals surface area (Å²) in [6.07, 6.45) is 4.52. The first-order chi connectivity index (χ1) is 16.1. The fourth-order valence-corrected chi connectivity index (χ4v) is 4.01. The Morgan fingerprint density at radius 3 is 2.52 bits per heavy atom. The summed E-state index contributed by atoms with van der Waals surface area (Å²) in [6.45, 7) is 2.93. The predicted octanol–water partition coefficient (Wildman–Crippen LogP) is 4.53. The molecule has 0 radical (unpaired) electrons. The van der Waals surface area contributed by atoms with Crippen molar-refractivity contribution in [2.24, 2.45) is 0 Å². The molecule has 1 aromatic heterocycles. The molecule has 168 valence electrons. The van der Waals surface area contributed by atoms with E-state index in [2.05, 4.69) is 4.98 Å². The average Bonchev–Trinajstić information content (AvgIpc) is 3.12. The number of carbonyl (C=O) groups is 2. The van der Waals surface area contributed by atoms with Crippen LogP contribution in [0.4, 0.5) is 0 Å². The molecule has 0 spiro atoms. The third-order valence-corrected chi connectivity index (χ3v) is 5.62. The molecule has 2 aromatic carbocycles. The van der Waals surface area contributed by atoms with Crippen LogP contribution < -0.4 is 4.74 Å². The molecule has 6 heteroatoms. The lowest BCUT2D eigenvalue weighted by atomic mass is 9.95. The third-order valence-electron chi connectivity index (χ3n) is 5.62. The van der Waals surface area contributed by atoms with Crippen LogP contribution in [0.1, 0.15) is 36.1 Å². The zero-order valence-corrected chi connectivity index (χ0v) is 18.5. The van der Waals surface area contributed by atoms with Gasteiger partial charge in [0.2, 0.25) is 0 Å². The molecular formula is C27H26N2O4. The van der Waals surface area contributed by atoms with Gasteiger partial charge in [0.15, 0.2) is 0 Å². The van der Waals surface area contributed by atoms with Crippen molar-refractivity contribution in [2.75, 3.05) is 13.2 Å².